The lowest BCUT2D eigenvalue weighted by molar-refractivity contribution is 0.0732. The summed E-state index contributed by atoms with van der Waals surface area (Å²) in [5, 5.41) is 0. The van der Waals surface area contributed by atoms with Crippen molar-refractivity contribution in [3.63, 3.8) is 0 Å². The number of methoxy groups -OCH3 is 2. The van der Waals surface area contributed by atoms with Gasteiger partial charge in [0.1, 0.15) is 0 Å². The van der Waals surface area contributed by atoms with Gasteiger partial charge in [0.15, 0.2) is 11.5 Å². The molecule has 2 aromatic rings. The van der Waals surface area contributed by atoms with E-state index >= 15 is 0 Å². The van der Waals surface area contributed by atoms with E-state index in [9.17, 15) is 4.79 Å². The summed E-state index contributed by atoms with van der Waals surface area (Å²) >= 11 is 0. The van der Waals surface area contributed by atoms with Gasteiger partial charge in [0.2, 0.25) is 0 Å². The number of carbonyl (C=O) groups is 1. The molecule has 0 bridgehead atoms. The molecule has 3 rings (SSSR count). The molecule has 1 heterocycles. The third-order valence-corrected chi connectivity index (χ3v) is 4.59. The van der Waals surface area contributed by atoms with Crippen LogP contribution in [0.4, 0.5) is 0 Å². The summed E-state index contributed by atoms with van der Waals surface area (Å²) in [5.41, 5.74) is 1.83. The van der Waals surface area contributed by atoms with Crippen LogP contribution >= 0.6 is 0 Å². The quantitative estimate of drug-likeness (QED) is 0.844. The number of hydrogen-bond donors (Lipinski definition) is 0. The molecule has 4 heteroatoms. The molecule has 2 aromatic carbocycles. The van der Waals surface area contributed by atoms with Crippen molar-refractivity contribution in [2.75, 3.05) is 20.8 Å². The number of carbonyl (C=O) groups excluding carboxylic acids is 1. The van der Waals surface area contributed by atoms with Crippen LogP contribution in [0.5, 0.6) is 11.5 Å². The summed E-state index contributed by atoms with van der Waals surface area (Å²) in [6, 6.07) is 16.0. The minimum absolute atomic E-state index is 0.0178. The first-order chi connectivity index (χ1) is 11.7. The number of benzene rings is 2. The van der Waals surface area contributed by atoms with Crippen LogP contribution in [0.2, 0.25) is 0 Å². The van der Waals surface area contributed by atoms with Crippen molar-refractivity contribution in [3.05, 3.63) is 59.7 Å². The molecule has 1 unspecified atom stereocenters. The molecule has 0 aliphatic carbocycles. The predicted molar refractivity (Wildman–Crippen MR) is 93.8 cm³/mol. The van der Waals surface area contributed by atoms with Gasteiger partial charge in [0.05, 0.1) is 19.8 Å². The summed E-state index contributed by atoms with van der Waals surface area (Å²) in [5.74, 6) is 1.11. The second-order valence-electron chi connectivity index (χ2n) is 6.03. The Morgan fingerprint density at radius 1 is 1.08 bits per heavy atom. The molecule has 0 spiro atoms. The zero-order valence-electron chi connectivity index (χ0n) is 14.2. The van der Waals surface area contributed by atoms with E-state index in [1.807, 2.05) is 35.2 Å². The molecule has 1 aliphatic rings. The molecule has 126 valence electrons. The molecule has 1 saturated heterocycles. The lowest BCUT2D eigenvalue weighted by Gasteiger charge is -2.26. The maximum atomic E-state index is 13.1. The van der Waals surface area contributed by atoms with E-state index in [4.69, 9.17) is 9.47 Å². The molecule has 24 heavy (non-hydrogen) atoms. The normalized spacial score (nSPS) is 16.9. The van der Waals surface area contributed by atoms with E-state index < -0.39 is 0 Å². The Kier molecular flexibility index (Phi) is 5.04. The van der Waals surface area contributed by atoms with Crippen LogP contribution in [0.3, 0.4) is 0 Å². The van der Waals surface area contributed by atoms with Crippen LogP contribution in [0.15, 0.2) is 48.5 Å². The fourth-order valence-electron chi connectivity index (χ4n) is 3.41. The largest absolute Gasteiger partial charge is 0.493 e. The van der Waals surface area contributed by atoms with Crippen molar-refractivity contribution in [2.45, 2.75) is 25.3 Å². The van der Waals surface area contributed by atoms with E-state index in [-0.39, 0.29) is 11.9 Å². The van der Waals surface area contributed by atoms with Gasteiger partial charge < -0.3 is 14.4 Å². The summed E-state index contributed by atoms with van der Waals surface area (Å²) in [6.07, 6.45) is 2.96. The van der Waals surface area contributed by atoms with Crippen molar-refractivity contribution in [1.29, 1.82) is 0 Å². The molecule has 0 radical (unpaired) electrons. The fourth-order valence-corrected chi connectivity index (χ4v) is 3.41. The Balaban J connectivity index is 1.84. The van der Waals surface area contributed by atoms with Gasteiger partial charge in [-0.15, -0.1) is 0 Å². The number of likely N-dealkylation sites (tertiary alicyclic amines) is 1. The first kappa shape index (κ1) is 16.4. The van der Waals surface area contributed by atoms with Crippen molar-refractivity contribution >= 4 is 5.91 Å². The minimum atomic E-state index is 0.0178. The fraction of sp³-hybridized carbons (Fsp3) is 0.350. The molecule has 1 fully saturated rings. The van der Waals surface area contributed by atoms with Gasteiger partial charge in [-0.05, 0) is 37.0 Å². The number of nitrogens with zero attached hydrogens (tertiary/aromatic N) is 1. The smallest absolute Gasteiger partial charge is 0.258 e. The first-order valence-corrected chi connectivity index (χ1v) is 8.30. The highest BCUT2D eigenvalue weighted by Gasteiger charge is 2.31. The number of ether oxygens (including phenoxy) is 2. The van der Waals surface area contributed by atoms with Crippen LogP contribution < -0.4 is 9.47 Å². The summed E-state index contributed by atoms with van der Waals surface area (Å²) < 4.78 is 10.7. The number of para-hydroxylation sites is 1. The average molecular weight is 325 g/mol. The molecule has 1 amide bonds. The van der Waals surface area contributed by atoms with Gasteiger partial charge in [0.25, 0.3) is 5.91 Å². The van der Waals surface area contributed by atoms with Crippen molar-refractivity contribution < 1.29 is 14.3 Å². The molecular formula is C20H23NO3. The van der Waals surface area contributed by atoms with Crippen molar-refractivity contribution in [2.24, 2.45) is 0 Å². The highest BCUT2D eigenvalue weighted by Crippen LogP contribution is 2.33. The Morgan fingerprint density at radius 3 is 2.58 bits per heavy atom. The second-order valence-corrected chi connectivity index (χ2v) is 6.03. The topological polar surface area (TPSA) is 38.8 Å². The Labute approximate surface area is 143 Å². The average Bonchev–Trinajstić information content (AvgIpc) is 3.09. The van der Waals surface area contributed by atoms with Gasteiger partial charge in [-0.25, -0.2) is 0 Å². The third-order valence-electron chi connectivity index (χ3n) is 4.59. The summed E-state index contributed by atoms with van der Waals surface area (Å²) in [4.78, 5) is 15.1. The highest BCUT2D eigenvalue weighted by molar-refractivity contribution is 5.98. The van der Waals surface area contributed by atoms with Gasteiger partial charge in [-0.2, -0.15) is 0 Å². The zero-order valence-corrected chi connectivity index (χ0v) is 14.2. The van der Waals surface area contributed by atoms with Gasteiger partial charge in [-0.1, -0.05) is 36.4 Å². The molecule has 1 aliphatic heterocycles. The van der Waals surface area contributed by atoms with Crippen LogP contribution in [-0.4, -0.2) is 37.6 Å². The van der Waals surface area contributed by atoms with E-state index in [0.29, 0.717) is 17.1 Å². The maximum Gasteiger partial charge on any atom is 0.258 e. The minimum Gasteiger partial charge on any atom is -0.493 e. The number of hydrogen-bond acceptors (Lipinski definition) is 3. The van der Waals surface area contributed by atoms with Crippen molar-refractivity contribution in [3.8, 4) is 11.5 Å². The van der Waals surface area contributed by atoms with E-state index in [1.165, 1.54) is 5.56 Å². The molecule has 0 saturated carbocycles. The molecule has 0 aromatic heterocycles. The van der Waals surface area contributed by atoms with Crippen LogP contribution in [0, 0.1) is 0 Å². The summed E-state index contributed by atoms with van der Waals surface area (Å²) in [6.45, 7) is 0.788. The number of amides is 1. The molecule has 4 nitrogen and oxygen atoms in total. The van der Waals surface area contributed by atoms with E-state index in [1.54, 1.807) is 20.3 Å². The standard InChI is InChI=1S/C20H23NO3/c1-23-18-12-6-11-17(19(18)24-2)20(22)21-13-7-10-16(21)14-15-8-4-3-5-9-15/h3-6,8-9,11-12,16H,7,10,13-14H2,1-2H3. The third kappa shape index (κ3) is 3.23. The first-order valence-electron chi connectivity index (χ1n) is 8.30. The Hall–Kier alpha value is -2.49. The Bertz CT molecular complexity index is 699. The van der Waals surface area contributed by atoms with Gasteiger partial charge in [0, 0.05) is 12.6 Å². The zero-order chi connectivity index (χ0) is 16.9. The van der Waals surface area contributed by atoms with Crippen LogP contribution in [0.1, 0.15) is 28.8 Å². The number of rotatable bonds is 5. The monoisotopic (exact) mass is 325 g/mol. The van der Waals surface area contributed by atoms with Gasteiger partial charge >= 0.3 is 0 Å². The highest BCUT2D eigenvalue weighted by atomic mass is 16.5. The molecule has 0 N–H and O–H groups in total. The summed E-state index contributed by atoms with van der Waals surface area (Å²) in [7, 11) is 3.15. The molecule has 1 atom stereocenters. The maximum absolute atomic E-state index is 13.1. The SMILES string of the molecule is COc1cccc(C(=O)N2CCCC2Cc2ccccc2)c1OC. The van der Waals surface area contributed by atoms with E-state index in [0.717, 1.165) is 25.8 Å². The second kappa shape index (κ2) is 7.39. The Morgan fingerprint density at radius 2 is 1.88 bits per heavy atom. The van der Waals surface area contributed by atoms with E-state index in [2.05, 4.69) is 12.1 Å². The van der Waals surface area contributed by atoms with Crippen LogP contribution in [0.25, 0.3) is 0 Å². The predicted octanol–water partition coefficient (Wildman–Crippen LogP) is 3.55. The van der Waals surface area contributed by atoms with Gasteiger partial charge in [-0.3, -0.25) is 4.79 Å². The molecular weight excluding hydrogens is 302 g/mol. The van der Waals surface area contributed by atoms with Crippen LogP contribution in [-0.2, 0) is 6.42 Å². The lowest BCUT2D eigenvalue weighted by atomic mass is 10.0. The van der Waals surface area contributed by atoms with Crippen molar-refractivity contribution in [1.82, 2.24) is 4.90 Å². The lowest BCUT2D eigenvalue weighted by Crippen LogP contribution is -2.37.